The highest BCUT2D eigenvalue weighted by molar-refractivity contribution is 7.20. The van der Waals surface area contributed by atoms with E-state index in [-0.39, 0.29) is 5.91 Å². The predicted octanol–water partition coefficient (Wildman–Crippen LogP) is 1.72. The summed E-state index contributed by atoms with van der Waals surface area (Å²) in [6.07, 6.45) is 0. The highest BCUT2D eigenvalue weighted by Crippen LogP contribution is 2.31. The highest BCUT2D eigenvalue weighted by atomic mass is 32.1. The van der Waals surface area contributed by atoms with Crippen molar-refractivity contribution in [2.24, 2.45) is 7.05 Å². The molecule has 6 nitrogen and oxygen atoms in total. The standard InChI is InChI=1S/C15H24N4O2S/c1-10(2)13-11-9-12(22-15(11)19(3)18-13)14(20)17-6-5-16-7-8-21-4/h9-10,16H,5-8H2,1-4H3,(H,17,20). The first-order valence-electron chi connectivity index (χ1n) is 7.49. The number of hydrogen-bond donors (Lipinski definition) is 2. The van der Waals surface area contributed by atoms with Gasteiger partial charge in [0.2, 0.25) is 0 Å². The lowest BCUT2D eigenvalue weighted by Gasteiger charge is -2.05. The number of nitrogens with one attached hydrogen (secondary N) is 2. The van der Waals surface area contributed by atoms with E-state index in [1.165, 1.54) is 11.3 Å². The summed E-state index contributed by atoms with van der Waals surface area (Å²) in [7, 11) is 3.59. The van der Waals surface area contributed by atoms with Gasteiger partial charge in [0.25, 0.3) is 5.91 Å². The molecule has 0 spiro atoms. The van der Waals surface area contributed by atoms with Crippen molar-refractivity contribution >= 4 is 27.5 Å². The first-order valence-corrected chi connectivity index (χ1v) is 8.30. The molecule has 122 valence electrons. The Morgan fingerprint density at radius 1 is 1.41 bits per heavy atom. The number of hydrogen-bond acceptors (Lipinski definition) is 5. The van der Waals surface area contributed by atoms with E-state index >= 15 is 0 Å². The second-order valence-corrected chi connectivity index (χ2v) is 6.52. The fraction of sp³-hybridized carbons (Fsp3) is 0.600. The Morgan fingerprint density at radius 3 is 2.86 bits per heavy atom. The van der Waals surface area contributed by atoms with Crippen LogP contribution in [0, 0.1) is 0 Å². The summed E-state index contributed by atoms with van der Waals surface area (Å²) in [4.78, 5) is 14.0. The average Bonchev–Trinajstić information content (AvgIpc) is 3.03. The van der Waals surface area contributed by atoms with Gasteiger partial charge in [0.05, 0.1) is 17.2 Å². The SMILES string of the molecule is COCCNCCNC(=O)c1cc2c(C(C)C)nn(C)c2s1. The van der Waals surface area contributed by atoms with Crippen LogP contribution in [-0.4, -0.2) is 49.0 Å². The summed E-state index contributed by atoms with van der Waals surface area (Å²) >= 11 is 1.49. The molecule has 0 fully saturated rings. The lowest BCUT2D eigenvalue weighted by molar-refractivity contribution is 0.0958. The third-order valence-corrected chi connectivity index (χ3v) is 4.58. The number of ether oxygens (including phenoxy) is 1. The van der Waals surface area contributed by atoms with Gasteiger partial charge in [-0.25, -0.2) is 0 Å². The van der Waals surface area contributed by atoms with E-state index in [0.29, 0.717) is 19.1 Å². The molecule has 0 aliphatic carbocycles. The molecule has 0 aliphatic rings. The summed E-state index contributed by atoms with van der Waals surface area (Å²) in [5.74, 6) is 0.323. The molecule has 0 atom stereocenters. The van der Waals surface area contributed by atoms with Gasteiger partial charge in [0, 0.05) is 39.2 Å². The Bertz CT molecular complexity index is 633. The van der Waals surface area contributed by atoms with Gasteiger partial charge in [0.15, 0.2) is 0 Å². The van der Waals surface area contributed by atoms with E-state index < -0.39 is 0 Å². The lowest BCUT2D eigenvalue weighted by Crippen LogP contribution is -2.32. The van der Waals surface area contributed by atoms with E-state index in [1.54, 1.807) is 7.11 Å². The van der Waals surface area contributed by atoms with Crippen molar-refractivity contribution in [2.45, 2.75) is 19.8 Å². The molecule has 2 aromatic heterocycles. The topological polar surface area (TPSA) is 68.2 Å². The van der Waals surface area contributed by atoms with Crippen molar-refractivity contribution < 1.29 is 9.53 Å². The molecule has 2 heterocycles. The van der Waals surface area contributed by atoms with Gasteiger partial charge in [-0.3, -0.25) is 9.48 Å². The molecular weight excluding hydrogens is 300 g/mol. The van der Waals surface area contributed by atoms with Crippen LogP contribution in [0.25, 0.3) is 10.2 Å². The molecule has 0 unspecified atom stereocenters. The van der Waals surface area contributed by atoms with E-state index in [0.717, 1.165) is 33.9 Å². The molecule has 0 radical (unpaired) electrons. The lowest BCUT2D eigenvalue weighted by atomic mass is 10.1. The van der Waals surface area contributed by atoms with Crippen molar-refractivity contribution in [3.63, 3.8) is 0 Å². The van der Waals surface area contributed by atoms with Crippen molar-refractivity contribution in [2.75, 3.05) is 33.4 Å². The van der Waals surface area contributed by atoms with Crippen LogP contribution in [0.15, 0.2) is 6.07 Å². The summed E-state index contributed by atoms with van der Waals surface area (Å²) in [5, 5.41) is 11.7. The summed E-state index contributed by atoms with van der Waals surface area (Å²) in [5.41, 5.74) is 1.05. The normalized spacial score (nSPS) is 11.5. The maximum Gasteiger partial charge on any atom is 0.261 e. The quantitative estimate of drug-likeness (QED) is 0.726. The Labute approximate surface area is 134 Å². The van der Waals surface area contributed by atoms with E-state index in [4.69, 9.17) is 4.74 Å². The van der Waals surface area contributed by atoms with Crippen LogP contribution >= 0.6 is 11.3 Å². The fourth-order valence-electron chi connectivity index (χ4n) is 2.26. The van der Waals surface area contributed by atoms with Gasteiger partial charge in [-0.15, -0.1) is 11.3 Å². The number of methoxy groups -OCH3 is 1. The average molecular weight is 324 g/mol. The molecule has 2 N–H and O–H groups in total. The molecule has 7 heteroatoms. The van der Waals surface area contributed by atoms with E-state index in [9.17, 15) is 4.79 Å². The molecule has 0 saturated heterocycles. The molecule has 22 heavy (non-hydrogen) atoms. The maximum atomic E-state index is 12.2. The van der Waals surface area contributed by atoms with Crippen LogP contribution < -0.4 is 10.6 Å². The summed E-state index contributed by atoms with van der Waals surface area (Å²) in [6.45, 7) is 7.04. The molecule has 2 rings (SSSR count). The number of nitrogens with zero attached hydrogens (tertiary/aromatic N) is 2. The fourth-order valence-corrected chi connectivity index (χ4v) is 3.25. The molecule has 0 aromatic carbocycles. The second-order valence-electron chi connectivity index (χ2n) is 5.49. The monoisotopic (exact) mass is 324 g/mol. The number of thiophene rings is 1. The van der Waals surface area contributed by atoms with Crippen LogP contribution in [-0.2, 0) is 11.8 Å². The number of amides is 1. The van der Waals surface area contributed by atoms with Crippen molar-refractivity contribution in [1.29, 1.82) is 0 Å². The van der Waals surface area contributed by atoms with Gasteiger partial charge in [0.1, 0.15) is 4.83 Å². The van der Waals surface area contributed by atoms with Crippen molar-refractivity contribution in [3.8, 4) is 0 Å². The number of carbonyl (C=O) groups excluding carboxylic acids is 1. The Morgan fingerprint density at radius 2 is 2.18 bits per heavy atom. The third kappa shape index (κ3) is 3.85. The predicted molar refractivity (Wildman–Crippen MR) is 89.8 cm³/mol. The van der Waals surface area contributed by atoms with Gasteiger partial charge >= 0.3 is 0 Å². The van der Waals surface area contributed by atoms with E-state index in [1.807, 2.05) is 17.8 Å². The molecule has 2 aromatic rings. The smallest absolute Gasteiger partial charge is 0.261 e. The van der Waals surface area contributed by atoms with Crippen LogP contribution in [0.2, 0.25) is 0 Å². The zero-order valence-electron chi connectivity index (χ0n) is 13.6. The largest absolute Gasteiger partial charge is 0.383 e. The molecule has 0 aliphatic heterocycles. The van der Waals surface area contributed by atoms with Gasteiger partial charge in [-0.05, 0) is 12.0 Å². The zero-order valence-corrected chi connectivity index (χ0v) is 14.4. The minimum atomic E-state index is -0.0237. The molecule has 1 amide bonds. The molecule has 0 bridgehead atoms. The summed E-state index contributed by atoms with van der Waals surface area (Å²) in [6, 6.07) is 1.95. The first-order chi connectivity index (χ1) is 10.5. The van der Waals surface area contributed by atoms with Gasteiger partial charge in [-0.1, -0.05) is 13.8 Å². The zero-order chi connectivity index (χ0) is 16.1. The van der Waals surface area contributed by atoms with Crippen LogP contribution in [0.4, 0.5) is 0 Å². The van der Waals surface area contributed by atoms with Crippen LogP contribution in [0.1, 0.15) is 35.1 Å². The van der Waals surface area contributed by atoms with Crippen LogP contribution in [0.5, 0.6) is 0 Å². The second kappa shape index (κ2) is 7.71. The molecule has 0 saturated carbocycles. The number of fused-ring (bicyclic) bond motifs is 1. The minimum Gasteiger partial charge on any atom is -0.383 e. The molecular formula is C15H24N4O2S. The number of carbonyl (C=O) groups is 1. The first kappa shape index (κ1) is 16.9. The van der Waals surface area contributed by atoms with E-state index in [2.05, 4.69) is 29.6 Å². The van der Waals surface area contributed by atoms with Gasteiger partial charge < -0.3 is 15.4 Å². The van der Waals surface area contributed by atoms with Crippen molar-refractivity contribution in [1.82, 2.24) is 20.4 Å². The third-order valence-electron chi connectivity index (χ3n) is 3.38. The van der Waals surface area contributed by atoms with Crippen molar-refractivity contribution in [3.05, 3.63) is 16.6 Å². The maximum absolute atomic E-state index is 12.2. The van der Waals surface area contributed by atoms with Crippen LogP contribution in [0.3, 0.4) is 0 Å². The Balaban J connectivity index is 1.96. The Hall–Kier alpha value is -1.44. The number of rotatable bonds is 8. The van der Waals surface area contributed by atoms with Gasteiger partial charge in [-0.2, -0.15) is 5.10 Å². The number of aryl methyl sites for hydroxylation is 1. The Kier molecular flexibility index (Phi) is 5.93. The number of aromatic nitrogens is 2. The minimum absolute atomic E-state index is 0.0237. The summed E-state index contributed by atoms with van der Waals surface area (Å²) < 4.78 is 6.81. The highest BCUT2D eigenvalue weighted by Gasteiger charge is 2.18.